The molecule has 1 aromatic carbocycles. The Morgan fingerprint density at radius 2 is 1.72 bits per heavy atom. The first kappa shape index (κ1) is 26.5. The standard InChI is InChI=1S/C28H40FN7O3/c1-2-35-26-22(36(28(35)39)23-5-6-24(37)31-27(23)38)4-3-21(29)25(26)34-9-7-18(8-10-34)17-32-11-13-33(14-12-32)20-15-19(30)16-20/h3-4,18-20,23H,2,5-17,30H2,1H3,(H,31,37,38). The van der Waals surface area contributed by atoms with Gasteiger partial charge in [-0.05, 0) is 57.1 Å². The number of carbonyl (C=O) groups excluding carboxylic acids is 2. The number of nitrogens with two attached hydrogens (primary N) is 1. The lowest BCUT2D eigenvalue weighted by Crippen LogP contribution is -2.57. The van der Waals surface area contributed by atoms with Gasteiger partial charge in [0.05, 0.1) is 16.7 Å². The lowest BCUT2D eigenvalue weighted by molar-refractivity contribution is -0.135. The van der Waals surface area contributed by atoms with Crippen molar-refractivity contribution >= 4 is 28.5 Å². The van der Waals surface area contributed by atoms with Gasteiger partial charge in [0.25, 0.3) is 0 Å². The predicted molar refractivity (Wildman–Crippen MR) is 147 cm³/mol. The number of carbonyl (C=O) groups is 2. The van der Waals surface area contributed by atoms with Crippen LogP contribution in [0.2, 0.25) is 0 Å². The second-order valence-corrected chi connectivity index (χ2v) is 11.8. The van der Waals surface area contributed by atoms with Crippen molar-refractivity contribution in [2.45, 2.75) is 70.1 Å². The number of nitrogens with zero attached hydrogens (tertiary/aromatic N) is 5. The van der Waals surface area contributed by atoms with Gasteiger partial charge in [-0.2, -0.15) is 0 Å². The molecule has 4 aliphatic rings. The van der Waals surface area contributed by atoms with Crippen LogP contribution in [0.15, 0.2) is 16.9 Å². The maximum Gasteiger partial charge on any atom is 0.329 e. The summed E-state index contributed by atoms with van der Waals surface area (Å²) in [5, 5.41) is 2.35. The minimum absolute atomic E-state index is 0.174. The number of imide groups is 1. The molecule has 212 valence electrons. The van der Waals surface area contributed by atoms with E-state index in [0.29, 0.717) is 41.3 Å². The molecular formula is C28H40FN7O3. The SMILES string of the molecule is CCn1c(=O)n(C2CCC(=O)NC2=O)c2ccc(F)c(N3CCC(CN4CCN(C5CC(N)C5)CC4)CC3)c21. The van der Waals surface area contributed by atoms with Crippen LogP contribution < -0.4 is 21.6 Å². The quantitative estimate of drug-likeness (QED) is 0.530. The van der Waals surface area contributed by atoms with Gasteiger partial charge in [0, 0.05) is 70.9 Å². The molecule has 2 amide bonds. The van der Waals surface area contributed by atoms with Crippen LogP contribution in [0.5, 0.6) is 0 Å². The minimum Gasteiger partial charge on any atom is -0.367 e. The van der Waals surface area contributed by atoms with E-state index in [4.69, 9.17) is 5.73 Å². The Bertz CT molecular complexity index is 1300. The summed E-state index contributed by atoms with van der Waals surface area (Å²) in [6, 6.07) is 3.27. The van der Waals surface area contributed by atoms with Crippen molar-refractivity contribution in [1.82, 2.24) is 24.3 Å². The van der Waals surface area contributed by atoms with E-state index in [-0.39, 0.29) is 30.3 Å². The first-order valence-corrected chi connectivity index (χ1v) is 14.6. The van der Waals surface area contributed by atoms with Crippen molar-refractivity contribution in [2.75, 3.05) is 50.7 Å². The Balaban J connectivity index is 1.16. The Morgan fingerprint density at radius 3 is 2.36 bits per heavy atom. The predicted octanol–water partition coefficient (Wildman–Crippen LogP) is 1.26. The maximum absolute atomic E-state index is 15.5. The fourth-order valence-electron chi connectivity index (χ4n) is 7.10. The molecule has 3 aliphatic heterocycles. The third-order valence-corrected chi connectivity index (χ3v) is 9.41. The summed E-state index contributed by atoms with van der Waals surface area (Å²) < 4.78 is 18.5. The number of benzene rings is 1. The normalized spacial score (nSPS) is 27.7. The zero-order chi connectivity index (χ0) is 27.3. The molecule has 0 bridgehead atoms. The molecule has 11 heteroatoms. The highest BCUT2D eigenvalue weighted by Gasteiger charge is 2.35. The van der Waals surface area contributed by atoms with E-state index >= 15 is 4.39 Å². The molecule has 3 saturated heterocycles. The number of aromatic nitrogens is 2. The van der Waals surface area contributed by atoms with Gasteiger partial charge < -0.3 is 15.5 Å². The van der Waals surface area contributed by atoms with Gasteiger partial charge >= 0.3 is 5.69 Å². The van der Waals surface area contributed by atoms with Crippen LogP contribution >= 0.6 is 0 Å². The van der Waals surface area contributed by atoms with Gasteiger partial charge in [-0.15, -0.1) is 0 Å². The number of aryl methyl sites for hydroxylation is 1. The highest BCUT2D eigenvalue weighted by molar-refractivity contribution is 6.00. The first-order valence-electron chi connectivity index (χ1n) is 14.6. The van der Waals surface area contributed by atoms with Gasteiger partial charge in [0.15, 0.2) is 0 Å². The molecule has 0 spiro atoms. The molecule has 6 rings (SSSR count). The summed E-state index contributed by atoms with van der Waals surface area (Å²) in [5.74, 6) is -0.598. The summed E-state index contributed by atoms with van der Waals surface area (Å²) in [5.41, 5.74) is 7.17. The zero-order valence-electron chi connectivity index (χ0n) is 22.8. The fraction of sp³-hybridized carbons (Fsp3) is 0.679. The third-order valence-electron chi connectivity index (χ3n) is 9.41. The van der Waals surface area contributed by atoms with E-state index in [2.05, 4.69) is 20.0 Å². The Hall–Kier alpha value is -2.76. The van der Waals surface area contributed by atoms with Crippen molar-refractivity contribution < 1.29 is 14.0 Å². The number of anilines is 1. The van der Waals surface area contributed by atoms with Crippen molar-refractivity contribution in [2.24, 2.45) is 11.7 Å². The van der Waals surface area contributed by atoms with E-state index in [1.807, 2.05) is 6.92 Å². The van der Waals surface area contributed by atoms with Crippen molar-refractivity contribution in [1.29, 1.82) is 0 Å². The van der Waals surface area contributed by atoms with Crippen molar-refractivity contribution in [3.63, 3.8) is 0 Å². The number of amides is 2. The van der Waals surface area contributed by atoms with E-state index in [9.17, 15) is 14.4 Å². The van der Waals surface area contributed by atoms with Gasteiger partial charge in [-0.1, -0.05) is 0 Å². The molecule has 1 atom stereocenters. The summed E-state index contributed by atoms with van der Waals surface area (Å²) in [7, 11) is 0. The zero-order valence-corrected chi connectivity index (χ0v) is 22.8. The summed E-state index contributed by atoms with van der Waals surface area (Å²) in [6.45, 7) is 9.16. The Morgan fingerprint density at radius 1 is 1.00 bits per heavy atom. The number of fused-ring (bicyclic) bond motifs is 1. The summed E-state index contributed by atoms with van der Waals surface area (Å²) in [4.78, 5) is 45.1. The average molecular weight is 542 g/mol. The second kappa shape index (κ2) is 10.7. The summed E-state index contributed by atoms with van der Waals surface area (Å²) >= 11 is 0. The number of piperidine rings is 2. The van der Waals surface area contributed by atoms with Crippen LogP contribution in [0, 0.1) is 11.7 Å². The van der Waals surface area contributed by atoms with Crippen LogP contribution in [0.3, 0.4) is 0 Å². The van der Waals surface area contributed by atoms with Crippen molar-refractivity contribution in [3.05, 3.63) is 28.4 Å². The molecular weight excluding hydrogens is 501 g/mol. The Labute approximate surface area is 227 Å². The van der Waals surface area contributed by atoms with Crippen LogP contribution in [-0.2, 0) is 16.1 Å². The molecule has 2 aromatic rings. The van der Waals surface area contributed by atoms with E-state index in [1.54, 1.807) is 10.6 Å². The highest BCUT2D eigenvalue weighted by atomic mass is 19.1. The molecule has 3 N–H and O–H groups in total. The van der Waals surface area contributed by atoms with Crippen molar-refractivity contribution in [3.8, 4) is 0 Å². The van der Waals surface area contributed by atoms with Crippen LogP contribution in [0.4, 0.5) is 10.1 Å². The molecule has 4 heterocycles. The maximum atomic E-state index is 15.5. The van der Waals surface area contributed by atoms with Gasteiger partial charge in [-0.25, -0.2) is 9.18 Å². The number of hydrogen-bond donors (Lipinski definition) is 2. The van der Waals surface area contributed by atoms with E-state index in [1.165, 1.54) is 10.6 Å². The number of rotatable bonds is 6. The van der Waals surface area contributed by atoms with Gasteiger partial charge in [0.1, 0.15) is 11.9 Å². The van der Waals surface area contributed by atoms with Crippen LogP contribution in [0.25, 0.3) is 11.0 Å². The topological polar surface area (TPSA) is 109 Å². The van der Waals surface area contributed by atoms with Crippen LogP contribution in [0.1, 0.15) is 51.5 Å². The lowest BCUT2D eigenvalue weighted by Gasteiger charge is -2.46. The molecule has 10 nitrogen and oxygen atoms in total. The molecule has 4 fully saturated rings. The number of halogens is 1. The smallest absolute Gasteiger partial charge is 0.329 e. The largest absolute Gasteiger partial charge is 0.367 e. The van der Waals surface area contributed by atoms with E-state index in [0.717, 1.165) is 71.5 Å². The molecule has 39 heavy (non-hydrogen) atoms. The Kier molecular flexibility index (Phi) is 7.24. The average Bonchev–Trinajstić information content (AvgIpc) is 3.19. The lowest BCUT2D eigenvalue weighted by atomic mass is 9.86. The highest BCUT2D eigenvalue weighted by Crippen LogP contribution is 2.35. The molecule has 1 aromatic heterocycles. The minimum atomic E-state index is -0.781. The number of nitrogens with one attached hydrogen (secondary N) is 1. The fourth-order valence-corrected chi connectivity index (χ4v) is 7.10. The monoisotopic (exact) mass is 541 g/mol. The number of hydrogen-bond acceptors (Lipinski definition) is 7. The van der Waals surface area contributed by atoms with Gasteiger partial charge in [-0.3, -0.25) is 28.9 Å². The van der Waals surface area contributed by atoms with E-state index < -0.39 is 11.9 Å². The second-order valence-electron chi connectivity index (χ2n) is 11.8. The third kappa shape index (κ3) is 4.89. The van der Waals surface area contributed by atoms with Gasteiger partial charge in [0.2, 0.25) is 11.8 Å². The van der Waals surface area contributed by atoms with Crippen LogP contribution in [-0.4, -0.2) is 88.6 Å². The first-order chi connectivity index (χ1) is 18.8. The summed E-state index contributed by atoms with van der Waals surface area (Å²) in [6.07, 6.45) is 4.63. The molecule has 0 radical (unpaired) electrons. The molecule has 1 aliphatic carbocycles. The molecule has 1 saturated carbocycles. The number of imidazole rings is 1. The number of piperazine rings is 1. The molecule has 1 unspecified atom stereocenters.